The lowest BCUT2D eigenvalue weighted by Gasteiger charge is -2.33. The number of nitrogens with one attached hydrogen (secondary N) is 1. The highest BCUT2D eigenvalue weighted by Crippen LogP contribution is 2.15. The normalized spacial score (nSPS) is 17.1. The van der Waals surface area contributed by atoms with E-state index in [4.69, 9.17) is 10.5 Å². The van der Waals surface area contributed by atoms with Crippen molar-refractivity contribution < 1.29 is 14.3 Å². The van der Waals surface area contributed by atoms with Gasteiger partial charge in [-0.2, -0.15) is 0 Å². The zero-order valence-corrected chi connectivity index (χ0v) is 12.8. The molecule has 0 aliphatic carbocycles. The number of ether oxygens (including phenoxy) is 1. The van der Waals surface area contributed by atoms with E-state index < -0.39 is 5.60 Å². The van der Waals surface area contributed by atoms with Crippen molar-refractivity contribution in [2.24, 2.45) is 5.73 Å². The third-order valence-electron chi connectivity index (χ3n) is 3.18. The molecule has 1 heterocycles. The van der Waals surface area contributed by atoms with Gasteiger partial charge in [0.15, 0.2) is 0 Å². The number of hydrogen-bond acceptors (Lipinski definition) is 4. The molecule has 3 N–H and O–H groups in total. The summed E-state index contributed by atoms with van der Waals surface area (Å²) in [6.45, 7) is 7.83. The van der Waals surface area contributed by atoms with Gasteiger partial charge in [0.2, 0.25) is 5.91 Å². The van der Waals surface area contributed by atoms with Crippen LogP contribution in [0.3, 0.4) is 0 Å². The third kappa shape index (κ3) is 6.75. The monoisotopic (exact) mass is 285 g/mol. The molecule has 0 spiro atoms. The molecule has 0 aromatic rings. The lowest BCUT2D eigenvalue weighted by atomic mass is 10.1. The number of nitrogens with zero attached hydrogens (tertiary/aromatic N) is 1. The molecule has 1 rings (SSSR count). The van der Waals surface area contributed by atoms with Crippen molar-refractivity contribution in [1.29, 1.82) is 0 Å². The Labute approximate surface area is 121 Å². The fourth-order valence-corrected chi connectivity index (χ4v) is 2.16. The summed E-state index contributed by atoms with van der Waals surface area (Å²) < 4.78 is 5.35. The largest absolute Gasteiger partial charge is 0.444 e. The molecule has 20 heavy (non-hydrogen) atoms. The van der Waals surface area contributed by atoms with Crippen LogP contribution in [0.25, 0.3) is 0 Å². The first kappa shape index (κ1) is 16.8. The summed E-state index contributed by atoms with van der Waals surface area (Å²) in [5.74, 6) is -0.258. The second-order valence-electron chi connectivity index (χ2n) is 6.27. The van der Waals surface area contributed by atoms with Gasteiger partial charge in [0.25, 0.3) is 0 Å². The van der Waals surface area contributed by atoms with E-state index in [1.165, 1.54) is 0 Å². The van der Waals surface area contributed by atoms with Gasteiger partial charge in [-0.15, -0.1) is 0 Å². The average molecular weight is 285 g/mol. The number of hydrogen-bond donors (Lipinski definition) is 2. The highest BCUT2D eigenvalue weighted by Gasteiger charge is 2.26. The van der Waals surface area contributed by atoms with Crippen LogP contribution < -0.4 is 11.1 Å². The minimum Gasteiger partial charge on any atom is -0.444 e. The molecule has 0 bridgehead atoms. The number of rotatable bonds is 5. The molecule has 6 heteroatoms. The van der Waals surface area contributed by atoms with Crippen LogP contribution in [0.15, 0.2) is 0 Å². The quantitative estimate of drug-likeness (QED) is 0.744. The molecule has 1 saturated heterocycles. The molecule has 6 nitrogen and oxygen atoms in total. The van der Waals surface area contributed by atoms with E-state index in [1.807, 2.05) is 20.8 Å². The topological polar surface area (TPSA) is 84.7 Å². The average Bonchev–Trinajstić information content (AvgIpc) is 2.33. The minimum absolute atomic E-state index is 0.232. The van der Waals surface area contributed by atoms with Crippen molar-refractivity contribution in [3.63, 3.8) is 0 Å². The Balaban J connectivity index is 2.19. The molecule has 0 unspecified atom stereocenters. The summed E-state index contributed by atoms with van der Waals surface area (Å²) in [5.41, 5.74) is 4.65. The number of likely N-dealkylation sites (tertiary alicyclic amines) is 1. The molecule has 0 aromatic carbocycles. The Bertz CT molecular complexity index is 331. The van der Waals surface area contributed by atoms with E-state index >= 15 is 0 Å². The Morgan fingerprint density at radius 2 is 1.90 bits per heavy atom. The zero-order valence-electron chi connectivity index (χ0n) is 12.8. The van der Waals surface area contributed by atoms with Crippen molar-refractivity contribution in [3.05, 3.63) is 0 Å². The van der Waals surface area contributed by atoms with Gasteiger partial charge in [0.05, 0.1) is 0 Å². The lowest BCUT2D eigenvalue weighted by Crippen LogP contribution is -2.46. The molecule has 1 fully saturated rings. The van der Waals surface area contributed by atoms with Crippen LogP contribution in [0.2, 0.25) is 0 Å². The number of carbonyl (C=O) groups is 2. The molecule has 1 aliphatic rings. The van der Waals surface area contributed by atoms with Crippen LogP contribution in [0.5, 0.6) is 0 Å². The van der Waals surface area contributed by atoms with E-state index in [0.717, 1.165) is 25.8 Å². The highest BCUT2D eigenvalue weighted by molar-refractivity contribution is 5.73. The first-order valence-electron chi connectivity index (χ1n) is 7.27. The molecule has 2 amide bonds. The Hall–Kier alpha value is -1.30. The summed E-state index contributed by atoms with van der Waals surface area (Å²) in [6.07, 6.45) is 2.78. The molecular formula is C14H27N3O3. The Kier molecular flexibility index (Phi) is 6.26. The van der Waals surface area contributed by atoms with Crippen molar-refractivity contribution in [2.45, 2.75) is 58.1 Å². The van der Waals surface area contributed by atoms with E-state index in [0.29, 0.717) is 25.6 Å². The minimum atomic E-state index is -0.444. The molecular weight excluding hydrogens is 258 g/mol. The van der Waals surface area contributed by atoms with Crippen LogP contribution in [-0.4, -0.2) is 48.2 Å². The zero-order chi connectivity index (χ0) is 15.2. The van der Waals surface area contributed by atoms with E-state index in [2.05, 4.69) is 5.32 Å². The van der Waals surface area contributed by atoms with Gasteiger partial charge < -0.3 is 20.7 Å². The third-order valence-corrected chi connectivity index (χ3v) is 3.18. The van der Waals surface area contributed by atoms with Gasteiger partial charge in [0, 0.05) is 25.6 Å². The number of piperidine rings is 1. The maximum Gasteiger partial charge on any atom is 0.410 e. The maximum absolute atomic E-state index is 11.9. The van der Waals surface area contributed by atoms with Crippen LogP contribution >= 0.6 is 0 Å². The van der Waals surface area contributed by atoms with Gasteiger partial charge in [-0.05, 0) is 46.6 Å². The number of amides is 2. The van der Waals surface area contributed by atoms with Crippen molar-refractivity contribution in [2.75, 3.05) is 19.6 Å². The lowest BCUT2D eigenvalue weighted by molar-refractivity contribution is -0.118. The second-order valence-corrected chi connectivity index (χ2v) is 6.27. The van der Waals surface area contributed by atoms with E-state index in [1.54, 1.807) is 4.90 Å². The van der Waals surface area contributed by atoms with Crippen LogP contribution in [0.1, 0.15) is 46.5 Å². The predicted octanol–water partition coefficient (Wildman–Crippen LogP) is 1.24. The summed E-state index contributed by atoms with van der Waals surface area (Å²) in [7, 11) is 0. The van der Waals surface area contributed by atoms with Gasteiger partial charge >= 0.3 is 6.09 Å². The first-order valence-corrected chi connectivity index (χ1v) is 7.27. The number of primary amides is 1. The fourth-order valence-electron chi connectivity index (χ4n) is 2.16. The summed E-state index contributed by atoms with van der Waals surface area (Å²) in [5, 5.41) is 3.40. The SMILES string of the molecule is CC(C)(C)OC(=O)N1CCC(NCCCC(N)=O)CC1. The molecule has 0 radical (unpaired) electrons. The van der Waals surface area contributed by atoms with E-state index in [-0.39, 0.29) is 12.0 Å². The second kappa shape index (κ2) is 7.47. The first-order chi connectivity index (χ1) is 9.28. The number of carbonyl (C=O) groups excluding carboxylic acids is 2. The predicted molar refractivity (Wildman–Crippen MR) is 77.3 cm³/mol. The van der Waals surface area contributed by atoms with Crippen molar-refractivity contribution >= 4 is 12.0 Å². The Morgan fingerprint density at radius 1 is 1.30 bits per heavy atom. The van der Waals surface area contributed by atoms with Gasteiger partial charge in [-0.1, -0.05) is 0 Å². The highest BCUT2D eigenvalue weighted by atomic mass is 16.6. The summed E-state index contributed by atoms with van der Waals surface area (Å²) >= 11 is 0. The van der Waals surface area contributed by atoms with Gasteiger partial charge in [0.1, 0.15) is 5.60 Å². The van der Waals surface area contributed by atoms with E-state index in [9.17, 15) is 9.59 Å². The maximum atomic E-state index is 11.9. The van der Waals surface area contributed by atoms with Gasteiger partial charge in [-0.3, -0.25) is 4.79 Å². The fraction of sp³-hybridized carbons (Fsp3) is 0.857. The molecule has 116 valence electrons. The van der Waals surface area contributed by atoms with Crippen LogP contribution in [0, 0.1) is 0 Å². The van der Waals surface area contributed by atoms with Crippen LogP contribution in [-0.2, 0) is 9.53 Å². The van der Waals surface area contributed by atoms with Crippen molar-refractivity contribution in [1.82, 2.24) is 10.2 Å². The van der Waals surface area contributed by atoms with Gasteiger partial charge in [-0.25, -0.2) is 4.79 Å². The standard InChI is InChI=1S/C14H27N3O3/c1-14(2,3)20-13(19)17-9-6-11(7-10-17)16-8-4-5-12(15)18/h11,16H,4-10H2,1-3H3,(H2,15,18). The molecule has 1 aliphatic heterocycles. The van der Waals surface area contributed by atoms with Crippen molar-refractivity contribution in [3.8, 4) is 0 Å². The molecule has 0 atom stereocenters. The van der Waals surface area contributed by atoms with Crippen LogP contribution in [0.4, 0.5) is 4.79 Å². The number of nitrogens with two attached hydrogens (primary N) is 1. The Morgan fingerprint density at radius 3 is 2.40 bits per heavy atom. The molecule has 0 saturated carbocycles. The smallest absolute Gasteiger partial charge is 0.410 e. The molecule has 0 aromatic heterocycles. The summed E-state index contributed by atoms with van der Waals surface area (Å²) in [4.78, 5) is 24.3. The summed E-state index contributed by atoms with van der Waals surface area (Å²) in [6, 6.07) is 0.404.